The molecule has 1 N–H and O–H groups in total. The van der Waals surface area contributed by atoms with E-state index in [0.29, 0.717) is 6.04 Å². The Morgan fingerprint density at radius 3 is 2.41 bits per heavy atom. The highest BCUT2D eigenvalue weighted by Gasteiger charge is 2.22. The smallest absolute Gasteiger partial charge is 0.0637 e. The van der Waals surface area contributed by atoms with Crippen LogP contribution in [-0.4, -0.2) is 25.3 Å². The molecule has 0 saturated heterocycles. The Bertz CT molecular complexity index is 308. The number of hydrogen-bond donors (Lipinski definition) is 1. The van der Waals surface area contributed by atoms with Crippen molar-refractivity contribution in [3.63, 3.8) is 0 Å². The Balaban J connectivity index is 2.60. The standard InChI is InChI=1S/C15H25NO/c1-5-16-14(12-15(2,3)17-4)11-13-9-7-6-8-10-13/h6-10,14,16H,5,11-12H2,1-4H3. The summed E-state index contributed by atoms with van der Waals surface area (Å²) < 4.78 is 5.51. The maximum Gasteiger partial charge on any atom is 0.0637 e. The third-order valence-electron chi connectivity index (χ3n) is 3.11. The van der Waals surface area contributed by atoms with Gasteiger partial charge in [0.15, 0.2) is 0 Å². The minimum absolute atomic E-state index is 0.0678. The van der Waals surface area contributed by atoms with Gasteiger partial charge in [0.05, 0.1) is 5.60 Å². The second kappa shape index (κ2) is 6.77. The van der Waals surface area contributed by atoms with E-state index in [2.05, 4.69) is 56.4 Å². The van der Waals surface area contributed by atoms with Gasteiger partial charge in [-0.2, -0.15) is 0 Å². The van der Waals surface area contributed by atoms with E-state index in [-0.39, 0.29) is 5.60 Å². The Morgan fingerprint density at radius 1 is 1.24 bits per heavy atom. The molecule has 1 unspecified atom stereocenters. The number of methoxy groups -OCH3 is 1. The second-order valence-electron chi connectivity index (χ2n) is 5.11. The molecule has 1 rings (SSSR count). The average Bonchev–Trinajstić information content (AvgIpc) is 2.30. The molecule has 0 fully saturated rings. The lowest BCUT2D eigenvalue weighted by molar-refractivity contribution is 0.00726. The van der Waals surface area contributed by atoms with E-state index >= 15 is 0 Å². The third-order valence-corrected chi connectivity index (χ3v) is 3.11. The van der Waals surface area contributed by atoms with E-state index in [1.54, 1.807) is 7.11 Å². The molecule has 0 aliphatic heterocycles. The van der Waals surface area contributed by atoms with Gasteiger partial charge in [-0.05, 0) is 38.8 Å². The van der Waals surface area contributed by atoms with Crippen molar-refractivity contribution in [3.8, 4) is 0 Å². The van der Waals surface area contributed by atoms with Gasteiger partial charge in [-0.15, -0.1) is 0 Å². The van der Waals surface area contributed by atoms with Gasteiger partial charge in [0.2, 0.25) is 0 Å². The second-order valence-corrected chi connectivity index (χ2v) is 5.11. The van der Waals surface area contributed by atoms with Gasteiger partial charge in [0.25, 0.3) is 0 Å². The summed E-state index contributed by atoms with van der Waals surface area (Å²) in [6.07, 6.45) is 2.08. The highest BCUT2D eigenvalue weighted by atomic mass is 16.5. The molecule has 96 valence electrons. The van der Waals surface area contributed by atoms with Crippen molar-refractivity contribution < 1.29 is 4.74 Å². The highest BCUT2D eigenvalue weighted by Crippen LogP contribution is 2.18. The maximum atomic E-state index is 5.51. The van der Waals surface area contributed by atoms with E-state index < -0.39 is 0 Å². The zero-order valence-corrected chi connectivity index (χ0v) is 11.5. The van der Waals surface area contributed by atoms with E-state index in [1.165, 1.54) is 5.56 Å². The van der Waals surface area contributed by atoms with Crippen LogP contribution in [0, 0.1) is 0 Å². The summed E-state index contributed by atoms with van der Waals surface area (Å²) in [5.41, 5.74) is 1.31. The van der Waals surface area contributed by atoms with Gasteiger partial charge in [-0.1, -0.05) is 37.3 Å². The molecule has 17 heavy (non-hydrogen) atoms. The van der Waals surface area contributed by atoms with Gasteiger partial charge >= 0.3 is 0 Å². The predicted molar refractivity (Wildman–Crippen MR) is 73.3 cm³/mol. The maximum absolute atomic E-state index is 5.51. The lowest BCUT2D eigenvalue weighted by Crippen LogP contribution is -2.39. The van der Waals surface area contributed by atoms with Crippen LogP contribution in [0.5, 0.6) is 0 Å². The molecule has 0 amide bonds. The van der Waals surface area contributed by atoms with Crippen LogP contribution in [0.2, 0.25) is 0 Å². The SMILES string of the molecule is CCNC(Cc1ccccc1)CC(C)(C)OC. The number of benzene rings is 1. The lowest BCUT2D eigenvalue weighted by Gasteiger charge is -2.29. The van der Waals surface area contributed by atoms with E-state index in [1.807, 2.05) is 0 Å². The quantitative estimate of drug-likeness (QED) is 0.784. The van der Waals surface area contributed by atoms with Gasteiger partial charge in [0.1, 0.15) is 0 Å². The largest absolute Gasteiger partial charge is 0.379 e. The van der Waals surface area contributed by atoms with Crippen LogP contribution in [0.3, 0.4) is 0 Å². The van der Waals surface area contributed by atoms with E-state index in [9.17, 15) is 0 Å². The van der Waals surface area contributed by atoms with Gasteiger partial charge in [-0.3, -0.25) is 0 Å². The first kappa shape index (κ1) is 14.2. The first-order chi connectivity index (χ1) is 8.07. The number of nitrogens with one attached hydrogen (secondary N) is 1. The molecule has 0 saturated carbocycles. The van der Waals surface area contributed by atoms with Crippen LogP contribution in [-0.2, 0) is 11.2 Å². The van der Waals surface area contributed by atoms with Crippen molar-refractivity contribution in [2.75, 3.05) is 13.7 Å². The molecule has 0 radical (unpaired) electrons. The molecule has 0 aliphatic carbocycles. The summed E-state index contributed by atoms with van der Waals surface area (Å²) in [5.74, 6) is 0. The van der Waals surface area contributed by atoms with Crippen molar-refractivity contribution in [2.24, 2.45) is 0 Å². The first-order valence-corrected chi connectivity index (χ1v) is 6.40. The normalized spacial score (nSPS) is 13.6. The molecular weight excluding hydrogens is 210 g/mol. The predicted octanol–water partition coefficient (Wildman–Crippen LogP) is 3.02. The fourth-order valence-corrected chi connectivity index (χ4v) is 2.08. The summed E-state index contributed by atoms with van der Waals surface area (Å²) in [4.78, 5) is 0. The molecule has 1 atom stereocenters. The monoisotopic (exact) mass is 235 g/mol. The third kappa shape index (κ3) is 5.33. The van der Waals surface area contributed by atoms with Crippen molar-refractivity contribution in [1.82, 2.24) is 5.32 Å². The molecule has 0 aliphatic rings. The molecule has 0 spiro atoms. The van der Waals surface area contributed by atoms with Crippen LogP contribution < -0.4 is 5.32 Å². The number of likely N-dealkylation sites (N-methyl/N-ethyl adjacent to an activating group) is 1. The molecule has 0 aromatic heterocycles. The molecule has 0 bridgehead atoms. The molecule has 2 nitrogen and oxygen atoms in total. The minimum atomic E-state index is -0.0678. The first-order valence-electron chi connectivity index (χ1n) is 6.40. The minimum Gasteiger partial charge on any atom is -0.379 e. The zero-order chi connectivity index (χ0) is 12.7. The zero-order valence-electron chi connectivity index (χ0n) is 11.5. The van der Waals surface area contributed by atoms with Gasteiger partial charge in [0, 0.05) is 13.2 Å². The van der Waals surface area contributed by atoms with E-state index in [0.717, 1.165) is 19.4 Å². The Kier molecular flexibility index (Phi) is 5.66. The van der Waals surface area contributed by atoms with Crippen LogP contribution in [0.1, 0.15) is 32.8 Å². The molecular formula is C15H25NO. The van der Waals surface area contributed by atoms with Crippen LogP contribution in [0.4, 0.5) is 0 Å². The van der Waals surface area contributed by atoms with Crippen LogP contribution in [0.15, 0.2) is 30.3 Å². The average molecular weight is 235 g/mol. The number of hydrogen-bond acceptors (Lipinski definition) is 2. The molecule has 1 aromatic rings. The number of ether oxygens (including phenoxy) is 1. The number of rotatable bonds is 7. The molecule has 1 aromatic carbocycles. The van der Waals surface area contributed by atoms with Gasteiger partial charge in [-0.25, -0.2) is 0 Å². The fraction of sp³-hybridized carbons (Fsp3) is 0.600. The summed E-state index contributed by atoms with van der Waals surface area (Å²) in [5, 5.41) is 3.54. The van der Waals surface area contributed by atoms with Crippen molar-refractivity contribution in [1.29, 1.82) is 0 Å². The topological polar surface area (TPSA) is 21.3 Å². The van der Waals surface area contributed by atoms with Crippen molar-refractivity contribution >= 4 is 0 Å². The van der Waals surface area contributed by atoms with Crippen LogP contribution >= 0.6 is 0 Å². The Hall–Kier alpha value is -0.860. The summed E-state index contributed by atoms with van der Waals surface area (Å²) in [6, 6.07) is 11.1. The summed E-state index contributed by atoms with van der Waals surface area (Å²) in [6.45, 7) is 7.43. The van der Waals surface area contributed by atoms with Crippen LogP contribution in [0.25, 0.3) is 0 Å². The molecule has 2 heteroatoms. The van der Waals surface area contributed by atoms with Crippen molar-refractivity contribution in [3.05, 3.63) is 35.9 Å². The summed E-state index contributed by atoms with van der Waals surface area (Å²) in [7, 11) is 1.78. The Morgan fingerprint density at radius 2 is 1.88 bits per heavy atom. The van der Waals surface area contributed by atoms with E-state index in [4.69, 9.17) is 4.74 Å². The summed E-state index contributed by atoms with van der Waals surface area (Å²) >= 11 is 0. The highest BCUT2D eigenvalue weighted by molar-refractivity contribution is 5.16. The van der Waals surface area contributed by atoms with Gasteiger partial charge < -0.3 is 10.1 Å². The fourth-order valence-electron chi connectivity index (χ4n) is 2.08. The lowest BCUT2D eigenvalue weighted by atomic mass is 9.94. The van der Waals surface area contributed by atoms with Crippen molar-refractivity contribution in [2.45, 2.75) is 45.3 Å². The Labute approximate surface area is 105 Å². The molecule has 0 heterocycles.